The molecule has 0 aromatic heterocycles. The molecule has 1 aromatic carbocycles. The molecule has 2 nitrogen and oxygen atoms in total. The molecule has 0 saturated heterocycles. The highest BCUT2D eigenvalue weighted by atomic mass is 35.5. The molecule has 4 heteroatoms. The normalized spacial score (nSPS) is 9.50. The number of anilines is 1. The van der Waals surface area contributed by atoms with E-state index in [4.69, 9.17) is 29.0 Å². The third-order valence-corrected chi connectivity index (χ3v) is 1.83. The second-order valence-corrected chi connectivity index (χ2v) is 2.59. The lowest BCUT2D eigenvalue weighted by atomic mass is 10.3. The van der Waals surface area contributed by atoms with Crippen molar-refractivity contribution in [3.8, 4) is 0 Å². The van der Waals surface area contributed by atoms with Crippen LogP contribution in [0.3, 0.4) is 0 Å². The zero-order valence-electron chi connectivity index (χ0n) is 5.07. The minimum absolute atomic E-state index is 0.497. The van der Waals surface area contributed by atoms with Gasteiger partial charge in [0.1, 0.15) is 0 Å². The van der Waals surface area contributed by atoms with Gasteiger partial charge in [-0.3, -0.25) is 5.84 Å². The molecule has 0 fully saturated rings. The molecule has 0 aliphatic rings. The molecule has 0 unspecified atom stereocenters. The summed E-state index contributed by atoms with van der Waals surface area (Å²) in [5.41, 5.74) is 3.20. The van der Waals surface area contributed by atoms with E-state index in [1.54, 1.807) is 18.2 Å². The third kappa shape index (κ3) is 1.53. The molecule has 0 aliphatic carbocycles. The third-order valence-electron chi connectivity index (χ3n) is 1.09. The first-order chi connectivity index (χ1) is 4.74. The van der Waals surface area contributed by atoms with E-state index in [1.165, 1.54) is 0 Å². The van der Waals surface area contributed by atoms with Crippen LogP contribution in [0.1, 0.15) is 0 Å². The van der Waals surface area contributed by atoms with Crippen molar-refractivity contribution in [1.29, 1.82) is 0 Å². The lowest BCUT2D eigenvalue weighted by molar-refractivity contribution is 1.35. The van der Waals surface area contributed by atoms with Crippen molar-refractivity contribution >= 4 is 28.9 Å². The second-order valence-electron chi connectivity index (χ2n) is 1.77. The van der Waals surface area contributed by atoms with Crippen LogP contribution in [0.4, 0.5) is 5.69 Å². The van der Waals surface area contributed by atoms with E-state index in [0.29, 0.717) is 10.0 Å². The fraction of sp³-hybridized carbons (Fsp3) is 0. The Kier molecular flexibility index (Phi) is 2.38. The molecule has 1 aromatic rings. The summed E-state index contributed by atoms with van der Waals surface area (Å²) in [5.74, 6) is 5.12. The molecule has 3 N–H and O–H groups in total. The predicted molar refractivity (Wildman–Crippen MR) is 44.3 cm³/mol. The summed E-state index contributed by atoms with van der Waals surface area (Å²) >= 11 is 11.3. The summed E-state index contributed by atoms with van der Waals surface area (Å²) in [6.07, 6.45) is 0. The number of nitrogens with two attached hydrogens (primary N) is 1. The van der Waals surface area contributed by atoms with Crippen LogP contribution in [0, 0.1) is 0 Å². The van der Waals surface area contributed by atoms with Crippen LogP contribution >= 0.6 is 23.2 Å². The number of halogens is 2. The summed E-state index contributed by atoms with van der Waals surface area (Å²) in [6.45, 7) is 0. The van der Waals surface area contributed by atoms with Gasteiger partial charge >= 0.3 is 0 Å². The minimum Gasteiger partial charge on any atom is -0.324 e. The van der Waals surface area contributed by atoms with E-state index in [2.05, 4.69) is 5.43 Å². The highest BCUT2D eigenvalue weighted by Gasteiger charge is 1.96. The van der Waals surface area contributed by atoms with Gasteiger partial charge in [-0.1, -0.05) is 23.2 Å². The lowest BCUT2D eigenvalue weighted by Gasteiger charge is -1.99. The molecule has 10 heavy (non-hydrogen) atoms. The van der Waals surface area contributed by atoms with Crippen molar-refractivity contribution in [2.45, 2.75) is 0 Å². The average molecular weight is 177 g/mol. The Bertz CT molecular complexity index is 237. The Labute approximate surface area is 68.9 Å². The van der Waals surface area contributed by atoms with Gasteiger partial charge in [-0.2, -0.15) is 0 Å². The van der Waals surface area contributed by atoms with E-state index < -0.39 is 0 Å². The first-order valence-electron chi connectivity index (χ1n) is 2.65. The first kappa shape index (κ1) is 7.66. The van der Waals surface area contributed by atoms with Gasteiger partial charge < -0.3 is 5.43 Å². The van der Waals surface area contributed by atoms with Gasteiger partial charge in [0.2, 0.25) is 0 Å². The van der Waals surface area contributed by atoms with Crippen LogP contribution in [0.15, 0.2) is 18.2 Å². The lowest BCUT2D eigenvalue weighted by Crippen LogP contribution is -2.06. The molecule has 0 radical (unpaired) electrons. The maximum atomic E-state index is 5.67. The Morgan fingerprint density at radius 1 is 1.20 bits per heavy atom. The van der Waals surface area contributed by atoms with Crippen molar-refractivity contribution in [3.05, 3.63) is 28.2 Å². The number of benzene rings is 1. The highest BCUT2D eigenvalue weighted by Crippen LogP contribution is 2.24. The van der Waals surface area contributed by atoms with Gasteiger partial charge in [0, 0.05) is 0 Å². The summed E-state index contributed by atoms with van der Waals surface area (Å²) in [6, 6.07) is 5.08. The van der Waals surface area contributed by atoms with E-state index in [-0.39, 0.29) is 0 Å². The van der Waals surface area contributed by atoms with Crippen LogP contribution < -0.4 is 11.3 Å². The topological polar surface area (TPSA) is 38.0 Å². The van der Waals surface area contributed by atoms with Crippen LogP contribution in [-0.4, -0.2) is 0 Å². The van der Waals surface area contributed by atoms with Gasteiger partial charge in [-0.15, -0.1) is 0 Å². The number of nitrogens with one attached hydrogen (secondary N) is 1. The highest BCUT2D eigenvalue weighted by molar-refractivity contribution is 6.42. The molecular formula is C6H6Cl2N2. The SMILES string of the molecule is NNc1ccc(Cl)c(Cl)c1. The van der Waals surface area contributed by atoms with E-state index >= 15 is 0 Å². The monoisotopic (exact) mass is 176 g/mol. The van der Waals surface area contributed by atoms with Gasteiger partial charge in [0.15, 0.2) is 0 Å². The van der Waals surface area contributed by atoms with Crippen LogP contribution in [0.25, 0.3) is 0 Å². The maximum Gasteiger partial charge on any atom is 0.0613 e. The molecule has 0 saturated carbocycles. The van der Waals surface area contributed by atoms with Gasteiger partial charge in [-0.25, -0.2) is 0 Å². The van der Waals surface area contributed by atoms with Gasteiger partial charge in [-0.05, 0) is 18.2 Å². The largest absolute Gasteiger partial charge is 0.324 e. The summed E-state index contributed by atoms with van der Waals surface area (Å²) in [4.78, 5) is 0. The molecule has 1 rings (SSSR count). The fourth-order valence-electron chi connectivity index (χ4n) is 0.586. The summed E-state index contributed by atoms with van der Waals surface area (Å²) in [5, 5.41) is 1.03. The molecular weight excluding hydrogens is 171 g/mol. The Morgan fingerprint density at radius 2 is 1.90 bits per heavy atom. The molecule has 0 bridgehead atoms. The smallest absolute Gasteiger partial charge is 0.0613 e. The van der Waals surface area contributed by atoms with Crippen LogP contribution in [-0.2, 0) is 0 Å². The quantitative estimate of drug-likeness (QED) is 0.510. The minimum atomic E-state index is 0.497. The Balaban J connectivity index is 3.04. The van der Waals surface area contributed by atoms with E-state index in [0.717, 1.165) is 5.69 Å². The van der Waals surface area contributed by atoms with Crippen molar-refractivity contribution in [2.75, 3.05) is 5.43 Å². The number of hydrogen-bond donors (Lipinski definition) is 2. The van der Waals surface area contributed by atoms with Gasteiger partial charge in [0.05, 0.1) is 15.7 Å². The number of hydrogen-bond acceptors (Lipinski definition) is 2. The first-order valence-corrected chi connectivity index (χ1v) is 3.41. The number of hydrazine groups is 1. The zero-order chi connectivity index (χ0) is 7.56. The van der Waals surface area contributed by atoms with Crippen molar-refractivity contribution in [2.24, 2.45) is 5.84 Å². The van der Waals surface area contributed by atoms with E-state index in [9.17, 15) is 0 Å². The zero-order valence-corrected chi connectivity index (χ0v) is 6.58. The summed E-state index contributed by atoms with van der Waals surface area (Å²) < 4.78 is 0. The average Bonchev–Trinajstić information content (AvgIpc) is 1.95. The molecule has 54 valence electrons. The Hall–Kier alpha value is -0.440. The van der Waals surface area contributed by atoms with Crippen molar-refractivity contribution in [3.63, 3.8) is 0 Å². The van der Waals surface area contributed by atoms with Gasteiger partial charge in [0.25, 0.3) is 0 Å². The fourth-order valence-corrected chi connectivity index (χ4v) is 0.884. The van der Waals surface area contributed by atoms with Crippen molar-refractivity contribution in [1.82, 2.24) is 0 Å². The number of rotatable bonds is 1. The van der Waals surface area contributed by atoms with Crippen molar-refractivity contribution < 1.29 is 0 Å². The molecule has 0 amide bonds. The Morgan fingerprint density at radius 3 is 2.40 bits per heavy atom. The second kappa shape index (κ2) is 3.10. The molecule has 0 aliphatic heterocycles. The summed E-state index contributed by atoms with van der Waals surface area (Å²) in [7, 11) is 0. The molecule has 0 heterocycles. The molecule has 0 spiro atoms. The van der Waals surface area contributed by atoms with Crippen LogP contribution in [0.2, 0.25) is 10.0 Å². The predicted octanol–water partition coefficient (Wildman–Crippen LogP) is 2.28. The molecule has 0 atom stereocenters. The standard InChI is InChI=1S/C6H6Cl2N2/c7-5-2-1-4(10-9)3-6(5)8/h1-3,10H,9H2. The van der Waals surface area contributed by atoms with Crippen LogP contribution in [0.5, 0.6) is 0 Å². The number of nitrogen functional groups attached to an aromatic ring is 1. The maximum absolute atomic E-state index is 5.67. The van der Waals surface area contributed by atoms with E-state index in [1.807, 2.05) is 0 Å².